The molecule has 1 aliphatic heterocycles. The van der Waals surface area contributed by atoms with Crippen LogP contribution >= 0.6 is 0 Å². The SMILES string of the molecule is C[C@H](N)C(=O)N(CC1CCCN1C(=O)OCc1ccccc1)C1CC1. The molecule has 1 saturated heterocycles. The number of amides is 2. The van der Waals surface area contributed by atoms with E-state index in [2.05, 4.69) is 0 Å². The second-order valence-electron chi connectivity index (χ2n) is 7.04. The van der Waals surface area contributed by atoms with Crippen LogP contribution in [-0.2, 0) is 16.1 Å². The highest BCUT2D eigenvalue weighted by atomic mass is 16.6. The third kappa shape index (κ3) is 4.51. The lowest BCUT2D eigenvalue weighted by atomic mass is 10.2. The molecule has 136 valence electrons. The maximum atomic E-state index is 12.5. The topological polar surface area (TPSA) is 75.9 Å². The van der Waals surface area contributed by atoms with E-state index < -0.39 is 6.04 Å². The van der Waals surface area contributed by atoms with Gasteiger partial charge in [-0.2, -0.15) is 0 Å². The Labute approximate surface area is 148 Å². The van der Waals surface area contributed by atoms with Crippen molar-refractivity contribution in [2.45, 2.75) is 57.3 Å². The summed E-state index contributed by atoms with van der Waals surface area (Å²) in [5.74, 6) is -0.0213. The summed E-state index contributed by atoms with van der Waals surface area (Å²) in [4.78, 5) is 28.5. The number of benzene rings is 1. The number of hydrogen-bond acceptors (Lipinski definition) is 4. The van der Waals surface area contributed by atoms with Gasteiger partial charge in [0.05, 0.1) is 12.1 Å². The molecular weight excluding hydrogens is 318 g/mol. The molecule has 2 N–H and O–H groups in total. The van der Waals surface area contributed by atoms with Crippen molar-refractivity contribution in [2.24, 2.45) is 5.73 Å². The monoisotopic (exact) mass is 345 g/mol. The van der Waals surface area contributed by atoms with Crippen LogP contribution in [0.25, 0.3) is 0 Å². The summed E-state index contributed by atoms with van der Waals surface area (Å²) in [6.45, 7) is 3.24. The second-order valence-corrected chi connectivity index (χ2v) is 7.04. The molecule has 2 aliphatic rings. The molecule has 0 radical (unpaired) electrons. The molecule has 0 bridgehead atoms. The zero-order chi connectivity index (χ0) is 17.8. The van der Waals surface area contributed by atoms with E-state index in [0.717, 1.165) is 31.2 Å². The first-order chi connectivity index (χ1) is 12.1. The Bertz CT molecular complexity index is 601. The summed E-state index contributed by atoms with van der Waals surface area (Å²) in [5, 5.41) is 0. The lowest BCUT2D eigenvalue weighted by molar-refractivity contribution is -0.133. The Balaban J connectivity index is 1.57. The number of nitrogens with zero attached hydrogens (tertiary/aromatic N) is 2. The van der Waals surface area contributed by atoms with E-state index in [1.165, 1.54) is 0 Å². The van der Waals surface area contributed by atoms with Crippen LogP contribution in [0.1, 0.15) is 38.2 Å². The number of nitrogens with two attached hydrogens (primary N) is 1. The van der Waals surface area contributed by atoms with Gasteiger partial charge in [-0.15, -0.1) is 0 Å². The van der Waals surface area contributed by atoms with Gasteiger partial charge in [0, 0.05) is 19.1 Å². The summed E-state index contributed by atoms with van der Waals surface area (Å²) in [5.41, 5.74) is 6.76. The number of carbonyl (C=O) groups is 2. The molecule has 2 fully saturated rings. The Morgan fingerprint density at radius 2 is 2.00 bits per heavy atom. The fraction of sp³-hybridized carbons (Fsp3) is 0.579. The van der Waals surface area contributed by atoms with E-state index in [4.69, 9.17) is 10.5 Å². The van der Waals surface area contributed by atoms with E-state index in [1.807, 2.05) is 35.2 Å². The molecule has 1 aromatic rings. The molecule has 1 saturated carbocycles. The standard InChI is InChI=1S/C19H27N3O3/c1-14(20)18(23)22(16-9-10-16)12-17-8-5-11-21(17)19(24)25-13-15-6-3-2-4-7-15/h2-4,6-7,14,16-17H,5,8-13,20H2,1H3/t14-,17?/m0/s1. The molecule has 2 amide bonds. The minimum Gasteiger partial charge on any atom is -0.445 e. The van der Waals surface area contributed by atoms with Crippen LogP contribution in [0, 0.1) is 0 Å². The predicted octanol–water partition coefficient (Wildman–Crippen LogP) is 2.13. The third-order valence-electron chi connectivity index (χ3n) is 4.88. The van der Waals surface area contributed by atoms with E-state index in [0.29, 0.717) is 19.1 Å². The van der Waals surface area contributed by atoms with Crippen LogP contribution < -0.4 is 5.73 Å². The molecule has 3 rings (SSSR count). The maximum Gasteiger partial charge on any atom is 0.410 e. The molecule has 1 aromatic carbocycles. The molecular formula is C19H27N3O3. The quantitative estimate of drug-likeness (QED) is 0.857. The van der Waals surface area contributed by atoms with Crippen LogP contribution in [0.3, 0.4) is 0 Å². The summed E-state index contributed by atoms with van der Waals surface area (Å²) in [6.07, 6.45) is 3.61. The molecule has 1 aliphatic carbocycles. The van der Waals surface area contributed by atoms with Crippen molar-refractivity contribution in [3.63, 3.8) is 0 Å². The number of ether oxygens (including phenoxy) is 1. The van der Waals surface area contributed by atoms with Crippen LogP contribution in [0.4, 0.5) is 4.79 Å². The first kappa shape index (κ1) is 17.7. The van der Waals surface area contributed by atoms with Crippen LogP contribution in [0.2, 0.25) is 0 Å². The largest absolute Gasteiger partial charge is 0.445 e. The zero-order valence-corrected chi connectivity index (χ0v) is 14.8. The van der Waals surface area contributed by atoms with Crippen molar-refractivity contribution in [2.75, 3.05) is 13.1 Å². The maximum absolute atomic E-state index is 12.5. The molecule has 6 nitrogen and oxygen atoms in total. The van der Waals surface area contributed by atoms with Crippen molar-refractivity contribution in [3.05, 3.63) is 35.9 Å². The Kier molecular flexibility index (Phi) is 5.58. The van der Waals surface area contributed by atoms with E-state index in [1.54, 1.807) is 11.8 Å². The van der Waals surface area contributed by atoms with E-state index >= 15 is 0 Å². The average Bonchev–Trinajstić information content (AvgIpc) is 3.35. The Morgan fingerprint density at radius 3 is 2.64 bits per heavy atom. The van der Waals surface area contributed by atoms with Gasteiger partial charge in [-0.3, -0.25) is 4.79 Å². The van der Waals surface area contributed by atoms with Crippen molar-refractivity contribution < 1.29 is 14.3 Å². The van der Waals surface area contributed by atoms with Gasteiger partial charge in [-0.1, -0.05) is 30.3 Å². The highest BCUT2D eigenvalue weighted by molar-refractivity contribution is 5.82. The first-order valence-corrected chi connectivity index (χ1v) is 9.09. The third-order valence-corrected chi connectivity index (χ3v) is 4.88. The van der Waals surface area contributed by atoms with Gasteiger partial charge in [0.2, 0.25) is 5.91 Å². The van der Waals surface area contributed by atoms with Gasteiger partial charge in [-0.05, 0) is 38.2 Å². The minimum atomic E-state index is -0.500. The molecule has 1 unspecified atom stereocenters. The average molecular weight is 345 g/mol. The van der Waals surface area contributed by atoms with Crippen LogP contribution in [0.5, 0.6) is 0 Å². The highest BCUT2D eigenvalue weighted by Crippen LogP contribution is 2.30. The lowest BCUT2D eigenvalue weighted by Crippen LogP contribution is -2.50. The normalized spacial score (nSPS) is 21.0. The van der Waals surface area contributed by atoms with Gasteiger partial charge >= 0.3 is 6.09 Å². The van der Waals surface area contributed by atoms with Crippen molar-refractivity contribution in [1.29, 1.82) is 0 Å². The number of rotatable bonds is 6. The molecule has 0 spiro atoms. The summed E-state index contributed by atoms with van der Waals surface area (Å²) in [6, 6.07) is 9.47. The fourth-order valence-electron chi connectivity index (χ4n) is 3.36. The number of carbonyl (C=O) groups excluding carboxylic acids is 2. The molecule has 2 atom stereocenters. The highest BCUT2D eigenvalue weighted by Gasteiger charge is 2.38. The number of hydrogen-bond donors (Lipinski definition) is 1. The van der Waals surface area contributed by atoms with Crippen LogP contribution in [0.15, 0.2) is 30.3 Å². The van der Waals surface area contributed by atoms with E-state index in [9.17, 15) is 9.59 Å². The van der Waals surface area contributed by atoms with Gasteiger partial charge in [0.25, 0.3) is 0 Å². The summed E-state index contributed by atoms with van der Waals surface area (Å²) < 4.78 is 5.47. The molecule has 1 heterocycles. The van der Waals surface area contributed by atoms with E-state index in [-0.39, 0.29) is 24.6 Å². The smallest absolute Gasteiger partial charge is 0.410 e. The summed E-state index contributed by atoms with van der Waals surface area (Å²) in [7, 11) is 0. The lowest BCUT2D eigenvalue weighted by Gasteiger charge is -2.31. The molecule has 25 heavy (non-hydrogen) atoms. The van der Waals surface area contributed by atoms with Gasteiger partial charge in [-0.25, -0.2) is 4.79 Å². The van der Waals surface area contributed by atoms with Crippen molar-refractivity contribution in [3.8, 4) is 0 Å². The van der Waals surface area contributed by atoms with Crippen molar-refractivity contribution in [1.82, 2.24) is 9.80 Å². The molecule has 0 aromatic heterocycles. The first-order valence-electron chi connectivity index (χ1n) is 9.09. The zero-order valence-electron chi connectivity index (χ0n) is 14.8. The second kappa shape index (κ2) is 7.87. The molecule has 6 heteroatoms. The fourth-order valence-corrected chi connectivity index (χ4v) is 3.36. The summed E-state index contributed by atoms with van der Waals surface area (Å²) >= 11 is 0. The Morgan fingerprint density at radius 1 is 1.28 bits per heavy atom. The van der Waals surface area contributed by atoms with Crippen LogP contribution in [-0.4, -0.2) is 53.0 Å². The Hall–Kier alpha value is -2.08. The predicted molar refractivity (Wildman–Crippen MR) is 94.7 cm³/mol. The van der Waals surface area contributed by atoms with Gasteiger partial charge < -0.3 is 20.3 Å². The van der Waals surface area contributed by atoms with Crippen molar-refractivity contribution >= 4 is 12.0 Å². The van der Waals surface area contributed by atoms with Gasteiger partial charge in [0.15, 0.2) is 0 Å². The van der Waals surface area contributed by atoms with Gasteiger partial charge in [0.1, 0.15) is 6.61 Å². The number of likely N-dealkylation sites (tertiary alicyclic amines) is 1. The minimum absolute atomic E-state index is 0.0200.